The molecule has 0 heterocycles. The van der Waals surface area contributed by atoms with Gasteiger partial charge < -0.3 is 12.4 Å². The van der Waals surface area contributed by atoms with Gasteiger partial charge in [0.2, 0.25) is 0 Å². The van der Waals surface area contributed by atoms with E-state index >= 15 is 0 Å². The first-order chi connectivity index (χ1) is 6.39. The molecule has 0 N–H and O–H groups in total. The van der Waals surface area contributed by atoms with E-state index in [0.29, 0.717) is 0 Å². The van der Waals surface area contributed by atoms with Crippen molar-refractivity contribution in [3.8, 4) is 0 Å². The van der Waals surface area contributed by atoms with E-state index < -0.39 is 11.7 Å². The van der Waals surface area contributed by atoms with Crippen LogP contribution in [0.1, 0.15) is 11.1 Å². The van der Waals surface area contributed by atoms with Crippen molar-refractivity contribution in [1.29, 1.82) is 0 Å². The van der Waals surface area contributed by atoms with Crippen LogP contribution in [-0.2, 0) is 6.18 Å². The van der Waals surface area contributed by atoms with Crippen molar-refractivity contribution in [2.24, 2.45) is 0 Å². The van der Waals surface area contributed by atoms with E-state index in [1.807, 2.05) is 14.1 Å². The normalized spacial score (nSPS) is 10.5. The standard InChI is InChI=1S/C10H11F3N.ClH/c1-14(2)7-8-3-5-9(6-4-8)10(11,12)13;/h3-7H,1-2H3;1H/q+1;/p-1. The molecule has 0 saturated heterocycles. The van der Waals surface area contributed by atoms with Crippen molar-refractivity contribution in [3.05, 3.63) is 35.4 Å². The fraction of sp³-hybridized carbons (Fsp3) is 0.300. The number of benzene rings is 1. The second kappa shape index (κ2) is 5.16. The highest BCUT2D eigenvalue weighted by atomic mass is 35.5. The molecule has 15 heavy (non-hydrogen) atoms. The van der Waals surface area contributed by atoms with E-state index in [9.17, 15) is 13.2 Å². The largest absolute Gasteiger partial charge is 1.00 e. The second-order valence-corrected chi connectivity index (χ2v) is 3.21. The van der Waals surface area contributed by atoms with E-state index in [1.165, 1.54) is 12.1 Å². The van der Waals surface area contributed by atoms with Crippen LogP contribution in [0.2, 0.25) is 0 Å². The van der Waals surface area contributed by atoms with Crippen LogP contribution in [-0.4, -0.2) is 24.9 Å². The average molecular weight is 238 g/mol. The Morgan fingerprint density at radius 2 is 1.53 bits per heavy atom. The summed E-state index contributed by atoms with van der Waals surface area (Å²) in [5.74, 6) is 0. The van der Waals surface area contributed by atoms with Gasteiger partial charge in [0.1, 0.15) is 14.1 Å². The molecule has 0 aromatic heterocycles. The van der Waals surface area contributed by atoms with Crippen molar-refractivity contribution in [3.63, 3.8) is 0 Å². The van der Waals surface area contributed by atoms with E-state index in [-0.39, 0.29) is 12.4 Å². The van der Waals surface area contributed by atoms with Gasteiger partial charge in [0.05, 0.1) is 5.56 Å². The van der Waals surface area contributed by atoms with Crippen molar-refractivity contribution in [1.82, 2.24) is 0 Å². The fourth-order valence-electron chi connectivity index (χ4n) is 1.06. The second-order valence-electron chi connectivity index (χ2n) is 3.21. The van der Waals surface area contributed by atoms with Gasteiger partial charge in [0.15, 0.2) is 6.21 Å². The van der Waals surface area contributed by atoms with Gasteiger partial charge in [-0.1, -0.05) is 0 Å². The van der Waals surface area contributed by atoms with Crippen molar-refractivity contribution in [2.75, 3.05) is 14.1 Å². The summed E-state index contributed by atoms with van der Waals surface area (Å²) in [6, 6.07) is 5.05. The lowest BCUT2D eigenvalue weighted by molar-refractivity contribution is -0.458. The smallest absolute Gasteiger partial charge is 0.416 e. The SMILES string of the molecule is C[N+](C)=Cc1ccc(C(F)(F)F)cc1.[Cl-]. The predicted octanol–water partition coefficient (Wildman–Crippen LogP) is -0.600. The van der Waals surface area contributed by atoms with Gasteiger partial charge in [-0.2, -0.15) is 13.2 Å². The summed E-state index contributed by atoms with van der Waals surface area (Å²) in [7, 11) is 3.63. The van der Waals surface area contributed by atoms with Gasteiger partial charge in [0.25, 0.3) is 0 Å². The summed E-state index contributed by atoms with van der Waals surface area (Å²) < 4.78 is 38.3. The molecular formula is C10H11ClF3N. The van der Waals surface area contributed by atoms with Crippen LogP contribution in [0.3, 0.4) is 0 Å². The lowest BCUT2D eigenvalue weighted by Crippen LogP contribution is -3.00. The molecule has 0 amide bonds. The molecule has 0 aliphatic heterocycles. The minimum Gasteiger partial charge on any atom is -1.00 e. The molecular weight excluding hydrogens is 227 g/mol. The van der Waals surface area contributed by atoms with Gasteiger partial charge in [-0.25, -0.2) is 4.58 Å². The average Bonchev–Trinajstić information content (AvgIpc) is 2.02. The Bertz CT molecular complexity index is 337. The molecule has 0 aliphatic rings. The summed E-state index contributed by atoms with van der Waals surface area (Å²) in [5, 5.41) is 0. The molecule has 5 heteroatoms. The highest BCUT2D eigenvalue weighted by molar-refractivity contribution is 5.75. The molecule has 0 radical (unpaired) electrons. The Kier molecular flexibility index (Phi) is 4.81. The Hall–Kier alpha value is -1.03. The zero-order valence-corrected chi connectivity index (χ0v) is 9.10. The molecule has 0 spiro atoms. The maximum atomic E-state index is 12.2. The van der Waals surface area contributed by atoms with Crippen LogP contribution < -0.4 is 12.4 Å². The first kappa shape index (κ1) is 14.0. The van der Waals surface area contributed by atoms with Crippen LogP contribution in [0.25, 0.3) is 0 Å². The first-order valence-corrected chi connectivity index (χ1v) is 4.08. The van der Waals surface area contributed by atoms with Gasteiger partial charge in [-0.05, 0) is 24.3 Å². The van der Waals surface area contributed by atoms with Gasteiger partial charge in [-0.3, -0.25) is 0 Å². The third-order valence-corrected chi connectivity index (χ3v) is 1.65. The summed E-state index contributed by atoms with van der Waals surface area (Å²) >= 11 is 0. The summed E-state index contributed by atoms with van der Waals surface area (Å²) in [4.78, 5) is 0. The predicted molar refractivity (Wildman–Crippen MR) is 48.7 cm³/mol. The van der Waals surface area contributed by atoms with Crippen molar-refractivity contribution < 1.29 is 30.2 Å². The molecule has 84 valence electrons. The fourth-order valence-corrected chi connectivity index (χ4v) is 1.06. The molecule has 1 aromatic rings. The van der Waals surface area contributed by atoms with E-state index in [2.05, 4.69) is 0 Å². The Labute approximate surface area is 92.6 Å². The quantitative estimate of drug-likeness (QED) is 0.453. The number of hydrogen-bond donors (Lipinski definition) is 0. The van der Waals surface area contributed by atoms with Crippen LogP contribution in [0.5, 0.6) is 0 Å². The van der Waals surface area contributed by atoms with Gasteiger partial charge in [0, 0.05) is 5.56 Å². The maximum Gasteiger partial charge on any atom is 0.416 e. The number of alkyl halides is 3. The zero-order valence-electron chi connectivity index (χ0n) is 8.35. The number of hydrogen-bond acceptors (Lipinski definition) is 0. The molecule has 1 nitrogen and oxygen atoms in total. The molecule has 0 aliphatic carbocycles. The molecule has 1 rings (SSSR count). The third-order valence-electron chi connectivity index (χ3n) is 1.65. The van der Waals surface area contributed by atoms with E-state index in [4.69, 9.17) is 0 Å². The van der Waals surface area contributed by atoms with E-state index in [1.54, 1.807) is 10.8 Å². The monoisotopic (exact) mass is 237 g/mol. The minimum absolute atomic E-state index is 0. The van der Waals surface area contributed by atoms with Crippen molar-refractivity contribution >= 4 is 6.21 Å². The minimum atomic E-state index is -4.25. The van der Waals surface area contributed by atoms with Gasteiger partial charge >= 0.3 is 6.18 Å². The Morgan fingerprint density at radius 3 is 1.87 bits per heavy atom. The molecule has 0 atom stereocenters. The molecule has 0 saturated carbocycles. The van der Waals surface area contributed by atoms with Crippen LogP contribution in [0.15, 0.2) is 24.3 Å². The highest BCUT2D eigenvalue weighted by Crippen LogP contribution is 2.28. The van der Waals surface area contributed by atoms with Gasteiger partial charge in [-0.15, -0.1) is 0 Å². The summed E-state index contributed by atoms with van der Waals surface area (Å²) in [6.45, 7) is 0. The van der Waals surface area contributed by atoms with Crippen molar-refractivity contribution in [2.45, 2.75) is 6.18 Å². The Balaban J connectivity index is 0.00000196. The first-order valence-electron chi connectivity index (χ1n) is 4.08. The van der Waals surface area contributed by atoms with Crippen LogP contribution >= 0.6 is 0 Å². The summed E-state index contributed by atoms with van der Waals surface area (Å²) in [6.07, 6.45) is -2.50. The number of rotatable bonds is 1. The lowest BCUT2D eigenvalue weighted by atomic mass is 10.1. The molecule has 0 unspecified atom stereocenters. The maximum absolute atomic E-state index is 12.2. The number of nitrogens with zero attached hydrogens (tertiary/aromatic N) is 1. The third kappa shape index (κ3) is 4.34. The summed E-state index contributed by atoms with van der Waals surface area (Å²) in [5.41, 5.74) is 0.136. The molecule has 0 bridgehead atoms. The van der Waals surface area contributed by atoms with Crippen LogP contribution in [0, 0.1) is 0 Å². The van der Waals surface area contributed by atoms with Crippen LogP contribution in [0.4, 0.5) is 13.2 Å². The van der Waals surface area contributed by atoms with E-state index in [0.717, 1.165) is 17.7 Å². The topological polar surface area (TPSA) is 3.01 Å². The zero-order chi connectivity index (χ0) is 10.8. The number of halogens is 4. The Morgan fingerprint density at radius 1 is 1.07 bits per heavy atom. The molecule has 1 aromatic carbocycles. The lowest BCUT2D eigenvalue weighted by Gasteiger charge is -2.05. The highest BCUT2D eigenvalue weighted by Gasteiger charge is 2.29. The molecule has 0 fully saturated rings.